The third-order valence-electron chi connectivity index (χ3n) is 4.78. The van der Waals surface area contributed by atoms with E-state index in [9.17, 15) is 23.8 Å². The van der Waals surface area contributed by atoms with Gasteiger partial charge in [-0.05, 0) is 61.9 Å². The smallest absolute Gasteiger partial charge is 0.407 e. The molecular formula is C24H38N2O9P-. The van der Waals surface area contributed by atoms with Gasteiger partial charge in [0, 0.05) is 19.8 Å². The summed E-state index contributed by atoms with van der Waals surface area (Å²) < 4.78 is 31.3. The molecule has 1 atom stereocenters. The molecule has 0 heterocycles. The number of ether oxygens (including phenoxy) is 3. The average Bonchev–Trinajstić information content (AvgIpc) is 2.80. The fraction of sp³-hybridized carbons (Fsp3) is 0.625. The van der Waals surface area contributed by atoms with E-state index in [1.54, 1.807) is 26.0 Å². The van der Waals surface area contributed by atoms with Gasteiger partial charge in [-0.1, -0.05) is 19.8 Å². The second-order valence-electron chi connectivity index (χ2n) is 8.38. The average molecular weight is 530 g/mol. The molecule has 0 radical (unpaired) electrons. The van der Waals surface area contributed by atoms with Gasteiger partial charge in [-0.15, -0.1) is 0 Å². The molecule has 0 spiro atoms. The van der Waals surface area contributed by atoms with E-state index in [2.05, 4.69) is 10.6 Å². The van der Waals surface area contributed by atoms with Gasteiger partial charge in [-0.2, -0.15) is 0 Å². The Hall–Kier alpha value is -2.46. The number of hydrogen-bond acceptors (Lipinski definition) is 9. The highest BCUT2D eigenvalue weighted by atomic mass is 31.2. The van der Waals surface area contributed by atoms with Crippen molar-refractivity contribution >= 4 is 25.6 Å². The van der Waals surface area contributed by atoms with Crippen molar-refractivity contribution in [2.75, 3.05) is 39.6 Å². The predicted molar refractivity (Wildman–Crippen MR) is 132 cm³/mol. The van der Waals surface area contributed by atoms with Gasteiger partial charge in [0.05, 0.1) is 6.61 Å². The Balaban J connectivity index is 2.32. The number of carbonyl (C=O) groups is 3. The highest BCUT2D eigenvalue weighted by Crippen LogP contribution is 2.31. The van der Waals surface area contributed by atoms with E-state index in [1.165, 1.54) is 0 Å². The van der Waals surface area contributed by atoms with Gasteiger partial charge >= 0.3 is 12.1 Å². The van der Waals surface area contributed by atoms with E-state index >= 15 is 0 Å². The van der Waals surface area contributed by atoms with Crippen molar-refractivity contribution in [3.8, 4) is 5.75 Å². The van der Waals surface area contributed by atoms with Crippen LogP contribution in [0.5, 0.6) is 5.75 Å². The Morgan fingerprint density at radius 2 is 1.67 bits per heavy atom. The van der Waals surface area contributed by atoms with Crippen molar-refractivity contribution in [2.45, 2.75) is 59.5 Å². The largest absolute Gasteiger partial charge is 0.779 e. The van der Waals surface area contributed by atoms with Gasteiger partial charge in [-0.3, -0.25) is 4.79 Å². The van der Waals surface area contributed by atoms with Crippen LogP contribution >= 0.6 is 7.60 Å². The number of nitrogens with one attached hydrogen (secondary N) is 2. The summed E-state index contributed by atoms with van der Waals surface area (Å²) in [5.41, 5.74) is 2.13. The first-order valence-corrected chi connectivity index (χ1v) is 14.0. The van der Waals surface area contributed by atoms with E-state index in [-0.39, 0.29) is 32.3 Å². The Labute approximate surface area is 212 Å². The van der Waals surface area contributed by atoms with Crippen LogP contribution in [-0.2, 0) is 34.8 Å². The minimum atomic E-state index is -3.66. The van der Waals surface area contributed by atoms with Gasteiger partial charge in [0.2, 0.25) is 5.91 Å². The lowest BCUT2D eigenvalue weighted by molar-refractivity contribution is -0.196. The molecule has 0 aromatic heterocycles. The summed E-state index contributed by atoms with van der Waals surface area (Å²) in [6, 6.07) is 3.53. The summed E-state index contributed by atoms with van der Waals surface area (Å²) in [4.78, 5) is 46.5. The maximum atomic E-state index is 12.1. The molecule has 0 saturated carbocycles. The van der Waals surface area contributed by atoms with Crippen LogP contribution in [0.4, 0.5) is 4.79 Å². The number of benzene rings is 1. The number of aryl methyl sites for hydroxylation is 2. The van der Waals surface area contributed by atoms with Crippen LogP contribution in [0.3, 0.4) is 0 Å². The molecule has 1 rings (SSSR count). The van der Waals surface area contributed by atoms with Crippen LogP contribution in [0.1, 0.15) is 55.7 Å². The molecule has 1 aromatic rings. The summed E-state index contributed by atoms with van der Waals surface area (Å²) in [6.45, 7) is 7.30. The SMILES string of the molecule is CCCOCC(=O)NCC(=O)Oc1c(C)cc(COC(=O)NCCCCCCOP(C)(=O)[O-])cc1C. The van der Waals surface area contributed by atoms with Crippen LogP contribution in [0.2, 0.25) is 0 Å². The molecule has 36 heavy (non-hydrogen) atoms. The van der Waals surface area contributed by atoms with Crippen molar-refractivity contribution < 1.29 is 42.6 Å². The minimum Gasteiger partial charge on any atom is -0.779 e. The zero-order valence-electron chi connectivity index (χ0n) is 21.6. The van der Waals surface area contributed by atoms with Crippen molar-refractivity contribution in [1.82, 2.24) is 10.6 Å². The molecule has 1 unspecified atom stereocenters. The summed E-state index contributed by atoms with van der Waals surface area (Å²) >= 11 is 0. The summed E-state index contributed by atoms with van der Waals surface area (Å²) in [7, 11) is -3.66. The van der Waals surface area contributed by atoms with Crippen LogP contribution in [-0.4, -0.2) is 57.5 Å². The first-order chi connectivity index (χ1) is 17.0. The van der Waals surface area contributed by atoms with E-state index in [0.717, 1.165) is 37.9 Å². The van der Waals surface area contributed by atoms with E-state index in [1.807, 2.05) is 6.92 Å². The molecule has 0 bridgehead atoms. The summed E-state index contributed by atoms with van der Waals surface area (Å²) in [5.74, 6) is -0.595. The molecule has 0 aliphatic carbocycles. The molecule has 2 amide bonds. The number of unbranched alkanes of at least 4 members (excludes halogenated alkanes) is 3. The molecule has 0 saturated heterocycles. The number of alkyl carbamates (subject to hydrolysis) is 1. The van der Waals surface area contributed by atoms with Crippen molar-refractivity contribution in [1.29, 1.82) is 0 Å². The first kappa shape index (κ1) is 31.6. The third-order valence-corrected chi connectivity index (χ3v) is 5.44. The van der Waals surface area contributed by atoms with Gasteiger partial charge in [-0.25, -0.2) is 9.59 Å². The lowest BCUT2D eigenvalue weighted by atomic mass is 10.1. The van der Waals surface area contributed by atoms with Crippen LogP contribution < -0.4 is 20.3 Å². The highest BCUT2D eigenvalue weighted by molar-refractivity contribution is 7.50. The normalized spacial score (nSPS) is 12.5. The lowest BCUT2D eigenvalue weighted by Crippen LogP contribution is -2.34. The predicted octanol–water partition coefficient (Wildman–Crippen LogP) is 2.74. The molecule has 0 aliphatic heterocycles. The number of carbonyl (C=O) groups excluding carboxylic acids is 3. The quantitative estimate of drug-likeness (QED) is 0.134. The van der Waals surface area contributed by atoms with Gasteiger partial charge < -0.3 is 38.8 Å². The Morgan fingerprint density at radius 1 is 1.00 bits per heavy atom. The first-order valence-electron chi connectivity index (χ1n) is 12.0. The minimum absolute atomic E-state index is 0.0547. The molecular weight excluding hydrogens is 491 g/mol. The maximum Gasteiger partial charge on any atom is 0.407 e. The second kappa shape index (κ2) is 17.1. The van der Waals surface area contributed by atoms with Gasteiger partial charge in [0.1, 0.15) is 33.1 Å². The number of hydrogen-bond donors (Lipinski definition) is 2. The Morgan fingerprint density at radius 3 is 2.31 bits per heavy atom. The summed E-state index contributed by atoms with van der Waals surface area (Å²) in [6.07, 6.45) is 3.25. The number of rotatable bonds is 17. The van der Waals surface area contributed by atoms with Crippen LogP contribution in [0.25, 0.3) is 0 Å². The standard InChI is InChI=1S/C24H39N2O9P/c1-5-11-32-17-21(27)26-15-22(28)35-23-18(2)13-20(14-19(23)3)16-33-24(29)25-10-8-6-7-9-12-34-36(4,30)31/h13-14H,5-12,15-17H2,1-4H3,(H,25,29)(H,26,27)(H,30,31)/p-1. The Kier molecular flexibility index (Phi) is 15.0. The maximum absolute atomic E-state index is 12.1. The van der Waals surface area contributed by atoms with Crippen molar-refractivity contribution in [3.63, 3.8) is 0 Å². The highest BCUT2D eigenvalue weighted by Gasteiger charge is 2.13. The summed E-state index contributed by atoms with van der Waals surface area (Å²) in [5, 5.41) is 5.13. The fourth-order valence-electron chi connectivity index (χ4n) is 3.17. The molecule has 1 aromatic carbocycles. The van der Waals surface area contributed by atoms with Crippen molar-refractivity contribution in [2.24, 2.45) is 0 Å². The molecule has 2 N–H and O–H groups in total. The van der Waals surface area contributed by atoms with Gasteiger partial charge in [0.25, 0.3) is 0 Å². The molecule has 0 fully saturated rings. The van der Waals surface area contributed by atoms with Crippen LogP contribution in [0.15, 0.2) is 12.1 Å². The monoisotopic (exact) mass is 529 g/mol. The van der Waals surface area contributed by atoms with Crippen LogP contribution in [0, 0.1) is 13.8 Å². The molecule has 12 heteroatoms. The molecule has 0 aliphatic rings. The molecule has 11 nitrogen and oxygen atoms in total. The van der Waals surface area contributed by atoms with Gasteiger partial charge in [0.15, 0.2) is 0 Å². The number of amides is 2. The van der Waals surface area contributed by atoms with E-state index in [4.69, 9.17) is 18.7 Å². The second-order valence-corrected chi connectivity index (χ2v) is 10.2. The molecule has 204 valence electrons. The third kappa shape index (κ3) is 14.8. The fourth-order valence-corrected chi connectivity index (χ4v) is 3.63. The van der Waals surface area contributed by atoms with E-state index in [0.29, 0.717) is 36.4 Å². The van der Waals surface area contributed by atoms with E-state index < -0.39 is 19.7 Å². The topological polar surface area (TPSA) is 152 Å². The Bertz CT molecular complexity index is 879. The number of esters is 1. The van der Waals surface area contributed by atoms with Crippen molar-refractivity contribution in [3.05, 3.63) is 28.8 Å². The lowest BCUT2D eigenvalue weighted by Gasteiger charge is -2.17. The zero-order valence-corrected chi connectivity index (χ0v) is 22.4. The zero-order chi connectivity index (χ0) is 27.0.